The van der Waals surface area contributed by atoms with Gasteiger partial charge < -0.3 is 10.0 Å². The van der Waals surface area contributed by atoms with Gasteiger partial charge in [0, 0.05) is 18.8 Å². The number of nitrogens with zero attached hydrogens (tertiary/aromatic N) is 2. The van der Waals surface area contributed by atoms with Crippen LogP contribution in [0.4, 0.5) is 5.82 Å². The molecule has 17 heavy (non-hydrogen) atoms. The fraction of sp³-hybridized carbons (Fsp3) is 0.538. The van der Waals surface area contributed by atoms with Crippen LogP contribution in [0.15, 0.2) is 12.3 Å². The lowest BCUT2D eigenvalue weighted by Gasteiger charge is -2.24. The molecule has 0 spiro atoms. The first-order valence-corrected chi connectivity index (χ1v) is 5.95. The van der Waals surface area contributed by atoms with Crippen molar-refractivity contribution in [3.63, 3.8) is 0 Å². The third-order valence-corrected chi connectivity index (χ3v) is 3.35. The van der Waals surface area contributed by atoms with Crippen LogP contribution < -0.4 is 4.90 Å². The van der Waals surface area contributed by atoms with Crippen molar-refractivity contribution in [2.24, 2.45) is 5.92 Å². The Bertz CT molecular complexity index is 445. The first-order valence-electron chi connectivity index (χ1n) is 5.95. The van der Waals surface area contributed by atoms with E-state index in [1.807, 2.05) is 6.92 Å². The molecular formula is C13H18N2O2. The molecule has 0 aromatic carbocycles. The largest absolute Gasteiger partial charge is 0.478 e. The monoisotopic (exact) mass is 234 g/mol. The van der Waals surface area contributed by atoms with Crippen molar-refractivity contribution in [2.75, 3.05) is 11.4 Å². The van der Waals surface area contributed by atoms with Crippen molar-refractivity contribution in [3.8, 4) is 0 Å². The second-order valence-electron chi connectivity index (χ2n) is 5.01. The van der Waals surface area contributed by atoms with Gasteiger partial charge in [0.25, 0.3) is 0 Å². The second kappa shape index (κ2) is 4.35. The van der Waals surface area contributed by atoms with Crippen LogP contribution in [0, 0.1) is 12.8 Å². The Balaban J connectivity index is 2.31. The molecule has 2 atom stereocenters. The van der Waals surface area contributed by atoms with E-state index in [0.29, 0.717) is 12.0 Å². The minimum atomic E-state index is -0.921. The van der Waals surface area contributed by atoms with Gasteiger partial charge in [0.15, 0.2) is 0 Å². The van der Waals surface area contributed by atoms with Crippen molar-refractivity contribution >= 4 is 11.8 Å². The van der Waals surface area contributed by atoms with Crippen LogP contribution >= 0.6 is 0 Å². The molecule has 0 saturated carbocycles. The van der Waals surface area contributed by atoms with Crippen LogP contribution in [0.3, 0.4) is 0 Å². The molecule has 92 valence electrons. The Hall–Kier alpha value is -1.58. The van der Waals surface area contributed by atoms with Gasteiger partial charge in [-0.2, -0.15) is 0 Å². The summed E-state index contributed by atoms with van der Waals surface area (Å²) in [6, 6.07) is 2.17. The van der Waals surface area contributed by atoms with E-state index in [-0.39, 0.29) is 5.56 Å². The number of aryl methyl sites for hydroxylation is 1. The third-order valence-electron chi connectivity index (χ3n) is 3.35. The summed E-state index contributed by atoms with van der Waals surface area (Å²) in [5, 5.41) is 8.91. The SMILES string of the molecule is Cc1cc(C(=O)O)cnc1N1CC(C)CC1C. The summed E-state index contributed by atoms with van der Waals surface area (Å²) < 4.78 is 0. The minimum Gasteiger partial charge on any atom is -0.478 e. The van der Waals surface area contributed by atoms with Gasteiger partial charge in [0.1, 0.15) is 5.82 Å². The molecule has 1 aliphatic rings. The molecular weight excluding hydrogens is 216 g/mol. The number of pyridine rings is 1. The van der Waals surface area contributed by atoms with Crippen LogP contribution in [0.1, 0.15) is 36.2 Å². The summed E-state index contributed by atoms with van der Waals surface area (Å²) in [7, 11) is 0. The highest BCUT2D eigenvalue weighted by atomic mass is 16.4. The average molecular weight is 234 g/mol. The van der Waals surface area contributed by atoms with E-state index in [9.17, 15) is 4.79 Å². The molecule has 1 aromatic rings. The van der Waals surface area contributed by atoms with Crippen LogP contribution in [-0.2, 0) is 0 Å². The maximum atomic E-state index is 10.8. The van der Waals surface area contributed by atoms with Gasteiger partial charge in [-0.1, -0.05) is 6.92 Å². The standard InChI is InChI=1S/C13H18N2O2/c1-8-4-10(3)15(7-8)12-9(2)5-11(6-14-12)13(16)17/h5-6,8,10H,4,7H2,1-3H3,(H,16,17). The number of carbonyl (C=O) groups is 1. The number of aromatic nitrogens is 1. The summed E-state index contributed by atoms with van der Waals surface area (Å²) in [5.74, 6) is 0.673. The molecule has 0 radical (unpaired) electrons. The molecule has 1 fully saturated rings. The van der Waals surface area contributed by atoms with Crippen molar-refractivity contribution < 1.29 is 9.90 Å². The molecule has 4 heteroatoms. The summed E-state index contributed by atoms with van der Waals surface area (Å²) in [4.78, 5) is 17.4. The third kappa shape index (κ3) is 2.25. The Labute approximate surface area is 101 Å². The van der Waals surface area contributed by atoms with Gasteiger partial charge in [0.05, 0.1) is 5.56 Å². The zero-order valence-electron chi connectivity index (χ0n) is 10.5. The van der Waals surface area contributed by atoms with Crippen molar-refractivity contribution in [1.82, 2.24) is 4.98 Å². The quantitative estimate of drug-likeness (QED) is 0.853. The Morgan fingerprint density at radius 1 is 1.53 bits per heavy atom. The Morgan fingerprint density at radius 3 is 2.71 bits per heavy atom. The number of anilines is 1. The molecule has 1 N–H and O–H groups in total. The van der Waals surface area contributed by atoms with Gasteiger partial charge in [-0.25, -0.2) is 9.78 Å². The van der Waals surface area contributed by atoms with Gasteiger partial charge in [0.2, 0.25) is 0 Å². The molecule has 4 nitrogen and oxygen atoms in total. The van der Waals surface area contributed by atoms with E-state index in [1.54, 1.807) is 6.07 Å². The molecule has 1 aliphatic heterocycles. The molecule has 1 aromatic heterocycles. The number of hydrogen-bond acceptors (Lipinski definition) is 3. The maximum Gasteiger partial charge on any atom is 0.337 e. The number of carboxylic acid groups (broad SMARTS) is 1. The normalized spacial score (nSPS) is 24.1. The summed E-state index contributed by atoms with van der Waals surface area (Å²) in [6.45, 7) is 7.35. The topological polar surface area (TPSA) is 53.4 Å². The predicted octanol–water partition coefficient (Wildman–Crippen LogP) is 2.32. The Kier molecular flexibility index (Phi) is 3.05. The Morgan fingerprint density at radius 2 is 2.24 bits per heavy atom. The lowest BCUT2D eigenvalue weighted by atomic mass is 10.1. The highest BCUT2D eigenvalue weighted by molar-refractivity contribution is 5.87. The highest BCUT2D eigenvalue weighted by Gasteiger charge is 2.28. The van der Waals surface area contributed by atoms with E-state index in [1.165, 1.54) is 12.6 Å². The predicted molar refractivity (Wildman–Crippen MR) is 66.5 cm³/mol. The fourth-order valence-corrected chi connectivity index (χ4v) is 2.58. The van der Waals surface area contributed by atoms with Gasteiger partial charge in [-0.3, -0.25) is 0 Å². The first kappa shape index (κ1) is 11.9. The smallest absolute Gasteiger partial charge is 0.337 e. The molecule has 0 amide bonds. The molecule has 2 rings (SSSR count). The number of carboxylic acids is 1. The zero-order valence-corrected chi connectivity index (χ0v) is 10.5. The second-order valence-corrected chi connectivity index (χ2v) is 5.01. The van der Waals surface area contributed by atoms with E-state index in [2.05, 4.69) is 23.7 Å². The van der Waals surface area contributed by atoms with E-state index < -0.39 is 5.97 Å². The maximum absolute atomic E-state index is 10.8. The minimum absolute atomic E-state index is 0.256. The average Bonchev–Trinajstić information content (AvgIpc) is 2.57. The van der Waals surface area contributed by atoms with Gasteiger partial charge in [-0.15, -0.1) is 0 Å². The van der Waals surface area contributed by atoms with Crippen LogP contribution in [-0.4, -0.2) is 28.6 Å². The molecule has 2 unspecified atom stereocenters. The number of rotatable bonds is 2. The lowest BCUT2D eigenvalue weighted by Crippen LogP contribution is -2.28. The summed E-state index contributed by atoms with van der Waals surface area (Å²) in [5.41, 5.74) is 1.19. The van der Waals surface area contributed by atoms with Crippen molar-refractivity contribution in [3.05, 3.63) is 23.4 Å². The first-order chi connectivity index (χ1) is 7.99. The summed E-state index contributed by atoms with van der Waals surface area (Å²) in [6.07, 6.45) is 2.61. The van der Waals surface area contributed by atoms with Crippen LogP contribution in [0.25, 0.3) is 0 Å². The lowest BCUT2D eigenvalue weighted by molar-refractivity contribution is 0.0696. The highest BCUT2D eigenvalue weighted by Crippen LogP contribution is 2.29. The van der Waals surface area contributed by atoms with Crippen molar-refractivity contribution in [2.45, 2.75) is 33.2 Å². The number of aromatic carboxylic acids is 1. The van der Waals surface area contributed by atoms with Gasteiger partial charge >= 0.3 is 5.97 Å². The van der Waals surface area contributed by atoms with E-state index >= 15 is 0 Å². The molecule has 1 saturated heterocycles. The van der Waals surface area contributed by atoms with E-state index in [4.69, 9.17) is 5.11 Å². The summed E-state index contributed by atoms with van der Waals surface area (Å²) >= 11 is 0. The molecule has 0 aliphatic carbocycles. The molecule has 2 heterocycles. The van der Waals surface area contributed by atoms with Gasteiger partial charge in [-0.05, 0) is 37.8 Å². The van der Waals surface area contributed by atoms with Crippen LogP contribution in [0.5, 0.6) is 0 Å². The molecule has 0 bridgehead atoms. The fourth-order valence-electron chi connectivity index (χ4n) is 2.58. The zero-order chi connectivity index (χ0) is 12.6. The van der Waals surface area contributed by atoms with Crippen molar-refractivity contribution in [1.29, 1.82) is 0 Å². The number of hydrogen-bond donors (Lipinski definition) is 1. The van der Waals surface area contributed by atoms with Crippen LogP contribution in [0.2, 0.25) is 0 Å². The van der Waals surface area contributed by atoms with E-state index in [0.717, 1.165) is 17.9 Å².